The van der Waals surface area contributed by atoms with Gasteiger partial charge in [-0.05, 0) is 19.8 Å². The van der Waals surface area contributed by atoms with Gasteiger partial charge in [-0.2, -0.15) is 0 Å². The topological polar surface area (TPSA) is 26.3 Å². The first-order valence-electron chi connectivity index (χ1n) is 3.55. The summed E-state index contributed by atoms with van der Waals surface area (Å²) in [6.45, 7) is 5.49. The second kappa shape index (κ2) is 2.86. The normalized spacial score (nSPS) is 31.9. The first-order chi connectivity index (χ1) is 4.74. The summed E-state index contributed by atoms with van der Waals surface area (Å²) in [6, 6.07) is 0. The Bertz CT molecular complexity index is 151. The lowest BCUT2D eigenvalue weighted by Crippen LogP contribution is -2.05. The fourth-order valence-corrected chi connectivity index (χ4v) is 1.23. The lowest BCUT2D eigenvalue weighted by molar-refractivity contribution is -0.143. The van der Waals surface area contributed by atoms with Crippen LogP contribution >= 0.6 is 0 Å². The average molecular weight is 140 g/mol. The highest BCUT2D eigenvalue weighted by Gasteiger charge is 2.30. The Morgan fingerprint density at radius 2 is 2.60 bits per heavy atom. The van der Waals surface area contributed by atoms with Crippen molar-refractivity contribution in [3.8, 4) is 0 Å². The number of cyclic esters (lactones) is 1. The number of carbonyl (C=O) groups excluding carboxylic acids is 1. The number of hydrogen-bond acceptors (Lipinski definition) is 2. The molecule has 0 aromatic rings. The van der Waals surface area contributed by atoms with Crippen LogP contribution in [-0.4, -0.2) is 12.1 Å². The maximum Gasteiger partial charge on any atom is 0.309 e. The van der Waals surface area contributed by atoms with E-state index in [1.165, 1.54) is 0 Å². The van der Waals surface area contributed by atoms with E-state index in [0.29, 0.717) is 0 Å². The molecule has 0 spiro atoms. The molecule has 0 bridgehead atoms. The monoisotopic (exact) mass is 140 g/mol. The molecule has 1 aliphatic rings. The fraction of sp³-hybridized carbons (Fsp3) is 0.625. The largest absolute Gasteiger partial charge is 0.462 e. The Kier molecular flexibility index (Phi) is 2.10. The minimum Gasteiger partial charge on any atom is -0.462 e. The van der Waals surface area contributed by atoms with Crippen LogP contribution in [0.15, 0.2) is 12.7 Å². The fourth-order valence-electron chi connectivity index (χ4n) is 1.23. The lowest BCUT2D eigenvalue weighted by Gasteiger charge is -1.96. The third-order valence-corrected chi connectivity index (χ3v) is 1.72. The predicted octanol–water partition coefficient (Wildman–Crippen LogP) is 1.51. The molecule has 56 valence electrons. The quantitative estimate of drug-likeness (QED) is 0.429. The number of allylic oxidation sites excluding steroid dienone is 1. The van der Waals surface area contributed by atoms with Crippen LogP contribution in [-0.2, 0) is 9.53 Å². The second-order valence-electron chi connectivity index (χ2n) is 2.70. The molecule has 2 atom stereocenters. The highest BCUT2D eigenvalue weighted by molar-refractivity contribution is 5.74. The van der Waals surface area contributed by atoms with Crippen LogP contribution < -0.4 is 0 Å². The van der Waals surface area contributed by atoms with E-state index in [4.69, 9.17) is 4.74 Å². The molecule has 1 aliphatic heterocycles. The van der Waals surface area contributed by atoms with Crippen LogP contribution in [0, 0.1) is 5.92 Å². The predicted molar refractivity (Wildman–Crippen MR) is 38.5 cm³/mol. The van der Waals surface area contributed by atoms with Crippen LogP contribution in [0.4, 0.5) is 0 Å². The summed E-state index contributed by atoms with van der Waals surface area (Å²) >= 11 is 0. The molecule has 0 aromatic heterocycles. The molecule has 0 radical (unpaired) electrons. The van der Waals surface area contributed by atoms with Gasteiger partial charge in [-0.15, -0.1) is 6.58 Å². The molecular formula is C8H12O2. The minimum absolute atomic E-state index is 0.0626. The van der Waals surface area contributed by atoms with Gasteiger partial charge in [0.05, 0.1) is 12.0 Å². The molecule has 0 amide bonds. The Hall–Kier alpha value is -0.790. The van der Waals surface area contributed by atoms with Crippen LogP contribution in [0.3, 0.4) is 0 Å². The van der Waals surface area contributed by atoms with Gasteiger partial charge in [0.15, 0.2) is 0 Å². The summed E-state index contributed by atoms with van der Waals surface area (Å²) in [4.78, 5) is 10.9. The average Bonchev–Trinajstić information content (AvgIpc) is 2.13. The maximum absolute atomic E-state index is 10.9. The van der Waals surface area contributed by atoms with Crippen LogP contribution in [0.5, 0.6) is 0 Å². The van der Waals surface area contributed by atoms with Crippen molar-refractivity contribution in [3.63, 3.8) is 0 Å². The van der Waals surface area contributed by atoms with Gasteiger partial charge in [0.2, 0.25) is 0 Å². The molecule has 0 saturated carbocycles. The van der Waals surface area contributed by atoms with Gasteiger partial charge in [0.1, 0.15) is 0 Å². The van der Waals surface area contributed by atoms with Gasteiger partial charge in [0.25, 0.3) is 0 Å². The first-order valence-corrected chi connectivity index (χ1v) is 3.55. The third kappa shape index (κ3) is 1.38. The van der Waals surface area contributed by atoms with E-state index in [0.717, 1.165) is 12.8 Å². The van der Waals surface area contributed by atoms with Crippen LogP contribution in [0.1, 0.15) is 19.8 Å². The third-order valence-electron chi connectivity index (χ3n) is 1.72. The van der Waals surface area contributed by atoms with E-state index in [-0.39, 0.29) is 18.0 Å². The zero-order valence-corrected chi connectivity index (χ0v) is 6.17. The summed E-state index contributed by atoms with van der Waals surface area (Å²) in [5.74, 6) is 0.0138. The van der Waals surface area contributed by atoms with E-state index in [2.05, 4.69) is 6.58 Å². The summed E-state index contributed by atoms with van der Waals surface area (Å²) in [7, 11) is 0. The highest BCUT2D eigenvalue weighted by Crippen LogP contribution is 2.23. The standard InChI is InChI=1S/C8H12O2/c1-3-4-7-5-6(2)10-8(7)9/h3,6-7H,1,4-5H2,2H3/t6-,7+/m1/s1. The van der Waals surface area contributed by atoms with Gasteiger partial charge < -0.3 is 4.74 Å². The van der Waals surface area contributed by atoms with Crippen molar-refractivity contribution in [1.82, 2.24) is 0 Å². The van der Waals surface area contributed by atoms with E-state index in [1.807, 2.05) is 6.92 Å². The molecule has 2 nitrogen and oxygen atoms in total. The molecule has 0 aliphatic carbocycles. The number of rotatable bonds is 2. The summed E-state index contributed by atoms with van der Waals surface area (Å²) in [5, 5.41) is 0. The van der Waals surface area contributed by atoms with Gasteiger partial charge in [-0.3, -0.25) is 4.79 Å². The smallest absolute Gasteiger partial charge is 0.309 e. The molecule has 1 saturated heterocycles. The Morgan fingerprint density at radius 3 is 3.00 bits per heavy atom. The van der Waals surface area contributed by atoms with Gasteiger partial charge in [-0.1, -0.05) is 6.08 Å². The SMILES string of the molecule is C=CC[C@H]1C[C@@H](C)OC1=O. The molecule has 0 aromatic carbocycles. The minimum atomic E-state index is -0.0626. The Labute approximate surface area is 60.9 Å². The van der Waals surface area contributed by atoms with Crippen molar-refractivity contribution in [3.05, 3.63) is 12.7 Å². The molecular weight excluding hydrogens is 128 g/mol. The summed E-state index contributed by atoms with van der Waals surface area (Å²) in [5.41, 5.74) is 0. The number of esters is 1. The van der Waals surface area contributed by atoms with Crippen molar-refractivity contribution in [2.24, 2.45) is 5.92 Å². The molecule has 1 rings (SSSR count). The Balaban J connectivity index is 2.46. The molecule has 1 heterocycles. The van der Waals surface area contributed by atoms with Gasteiger partial charge in [-0.25, -0.2) is 0 Å². The summed E-state index contributed by atoms with van der Waals surface area (Å²) < 4.78 is 4.94. The van der Waals surface area contributed by atoms with Crippen molar-refractivity contribution in [1.29, 1.82) is 0 Å². The number of hydrogen-bond donors (Lipinski definition) is 0. The van der Waals surface area contributed by atoms with Crippen molar-refractivity contribution >= 4 is 5.97 Å². The van der Waals surface area contributed by atoms with Gasteiger partial charge in [0, 0.05) is 0 Å². The van der Waals surface area contributed by atoms with Gasteiger partial charge >= 0.3 is 5.97 Å². The van der Waals surface area contributed by atoms with Crippen molar-refractivity contribution in [2.75, 3.05) is 0 Å². The van der Waals surface area contributed by atoms with Crippen molar-refractivity contribution < 1.29 is 9.53 Å². The maximum atomic E-state index is 10.9. The highest BCUT2D eigenvalue weighted by atomic mass is 16.5. The van der Waals surface area contributed by atoms with Crippen LogP contribution in [0.25, 0.3) is 0 Å². The lowest BCUT2D eigenvalue weighted by atomic mass is 10.0. The molecule has 0 unspecified atom stereocenters. The van der Waals surface area contributed by atoms with E-state index in [1.54, 1.807) is 6.08 Å². The molecule has 1 fully saturated rings. The van der Waals surface area contributed by atoms with E-state index >= 15 is 0 Å². The Morgan fingerprint density at radius 1 is 1.90 bits per heavy atom. The summed E-state index contributed by atoms with van der Waals surface area (Å²) in [6.07, 6.45) is 3.48. The molecule has 0 N–H and O–H groups in total. The van der Waals surface area contributed by atoms with Crippen LogP contribution in [0.2, 0.25) is 0 Å². The zero-order chi connectivity index (χ0) is 7.56. The van der Waals surface area contributed by atoms with E-state index in [9.17, 15) is 4.79 Å². The first kappa shape index (κ1) is 7.32. The molecule has 10 heavy (non-hydrogen) atoms. The zero-order valence-electron chi connectivity index (χ0n) is 6.17. The second-order valence-corrected chi connectivity index (χ2v) is 2.70. The van der Waals surface area contributed by atoms with E-state index < -0.39 is 0 Å². The molecule has 2 heteroatoms. The number of carbonyl (C=O) groups is 1. The number of ether oxygens (including phenoxy) is 1. The van der Waals surface area contributed by atoms with Crippen molar-refractivity contribution in [2.45, 2.75) is 25.9 Å².